The summed E-state index contributed by atoms with van der Waals surface area (Å²) in [7, 11) is 0. The van der Waals surface area contributed by atoms with Crippen molar-refractivity contribution < 1.29 is 9.53 Å². The highest BCUT2D eigenvalue weighted by atomic mass is 32.1. The summed E-state index contributed by atoms with van der Waals surface area (Å²) in [5.74, 6) is -0.432. The van der Waals surface area contributed by atoms with Gasteiger partial charge in [0.25, 0.3) is 0 Å². The van der Waals surface area contributed by atoms with Crippen LogP contribution in [0.2, 0.25) is 0 Å². The first kappa shape index (κ1) is 18.8. The largest absolute Gasteiger partial charge is 0.379 e. The fourth-order valence-electron chi connectivity index (χ4n) is 3.38. The highest BCUT2D eigenvalue weighted by Crippen LogP contribution is 2.28. The standard InChI is InChI=1S/C22H23N3O2S/c26-21(20(17-7-3-1-4-8-17)18-9-5-2-6-10-18)24-22-23-15-19(28-22)16-25-11-13-27-14-12-25/h1-10,15,20H,11-14,16H2,(H,23,24,26). The molecule has 0 radical (unpaired) electrons. The minimum Gasteiger partial charge on any atom is -0.379 e. The lowest BCUT2D eigenvalue weighted by Crippen LogP contribution is -2.35. The first-order chi connectivity index (χ1) is 13.8. The summed E-state index contributed by atoms with van der Waals surface area (Å²) in [6.45, 7) is 4.27. The number of amides is 1. The molecule has 3 aromatic rings. The molecular weight excluding hydrogens is 370 g/mol. The highest BCUT2D eigenvalue weighted by molar-refractivity contribution is 7.15. The maximum absolute atomic E-state index is 13.1. The number of rotatable bonds is 6. The molecule has 144 valence electrons. The van der Waals surface area contributed by atoms with Crippen molar-refractivity contribution in [1.29, 1.82) is 0 Å². The molecular formula is C22H23N3O2S. The van der Waals surface area contributed by atoms with E-state index in [1.165, 1.54) is 11.3 Å². The monoisotopic (exact) mass is 393 g/mol. The molecule has 0 spiro atoms. The number of morpholine rings is 1. The molecule has 1 N–H and O–H groups in total. The average molecular weight is 394 g/mol. The first-order valence-corrected chi connectivity index (χ1v) is 10.3. The molecule has 1 aliphatic heterocycles. The maximum Gasteiger partial charge on any atom is 0.238 e. The number of thiazole rings is 1. The molecule has 0 atom stereocenters. The maximum atomic E-state index is 13.1. The van der Waals surface area contributed by atoms with Gasteiger partial charge in [0, 0.05) is 30.7 Å². The van der Waals surface area contributed by atoms with E-state index in [-0.39, 0.29) is 11.8 Å². The fourth-order valence-corrected chi connectivity index (χ4v) is 4.24. The number of nitrogens with one attached hydrogen (secondary N) is 1. The van der Waals surface area contributed by atoms with Gasteiger partial charge < -0.3 is 10.1 Å². The van der Waals surface area contributed by atoms with Crippen LogP contribution in [0.5, 0.6) is 0 Å². The van der Waals surface area contributed by atoms with Crippen LogP contribution in [0.3, 0.4) is 0 Å². The molecule has 1 fully saturated rings. The van der Waals surface area contributed by atoms with Gasteiger partial charge in [-0.15, -0.1) is 11.3 Å². The predicted molar refractivity (Wildman–Crippen MR) is 112 cm³/mol. The van der Waals surface area contributed by atoms with E-state index in [2.05, 4.69) is 15.2 Å². The van der Waals surface area contributed by atoms with Crippen LogP contribution in [0.1, 0.15) is 21.9 Å². The average Bonchev–Trinajstić information content (AvgIpc) is 3.17. The lowest BCUT2D eigenvalue weighted by atomic mass is 9.90. The molecule has 28 heavy (non-hydrogen) atoms. The zero-order valence-electron chi connectivity index (χ0n) is 15.6. The van der Waals surface area contributed by atoms with Gasteiger partial charge in [-0.2, -0.15) is 0 Å². The van der Waals surface area contributed by atoms with Crippen LogP contribution in [-0.2, 0) is 16.1 Å². The Labute approximate surface area is 169 Å². The Morgan fingerprint density at radius 3 is 2.25 bits per heavy atom. The summed E-state index contributed by atoms with van der Waals surface area (Å²) in [4.78, 5) is 21.1. The number of hydrogen-bond donors (Lipinski definition) is 1. The Hall–Kier alpha value is -2.54. The predicted octanol–water partition coefficient (Wildman–Crippen LogP) is 3.75. The van der Waals surface area contributed by atoms with Gasteiger partial charge in [-0.05, 0) is 11.1 Å². The van der Waals surface area contributed by atoms with E-state index in [1.54, 1.807) is 0 Å². The van der Waals surface area contributed by atoms with Crippen LogP contribution in [-0.4, -0.2) is 42.1 Å². The number of carbonyl (C=O) groups is 1. The van der Waals surface area contributed by atoms with Gasteiger partial charge in [0.1, 0.15) is 0 Å². The van der Waals surface area contributed by atoms with Gasteiger partial charge in [-0.25, -0.2) is 4.98 Å². The van der Waals surface area contributed by atoms with E-state index in [1.807, 2.05) is 66.9 Å². The Balaban J connectivity index is 1.49. The van der Waals surface area contributed by atoms with Crippen molar-refractivity contribution in [2.45, 2.75) is 12.5 Å². The van der Waals surface area contributed by atoms with Crippen molar-refractivity contribution in [3.63, 3.8) is 0 Å². The third-order valence-corrected chi connectivity index (χ3v) is 5.69. The minimum atomic E-state index is -0.367. The summed E-state index contributed by atoms with van der Waals surface area (Å²) in [5, 5.41) is 3.67. The Morgan fingerprint density at radius 2 is 1.64 bits per heavy atom. The number of carbonyl (C=O) groups excluding carboxylic acids is 1. The van der Waals surface area contributed by atoms with E-state index in [0.29, 0.717) is 5.13 Å². The minimum absolute atomic E-state index is 0.0651. The molecule has 5 nitrogen and oxygen atoms in total. The van der Waals surface area contributed by atoms with Gasteiger partial charge in [-0.3, -0.25) is 9.69 Å². The van der Waals surface area contributed by atoms with Crippen molar-refractivity contribution in [2.24, 2.45) is 0 Å². The lowest BCUT2D eigenvalue weighted by molar-refractivity contribution is -0.116. The quantitative estimate of drug-likeness (QED) is 0.693. The second kappa shape index (κ2) is 9.10. The van der Waals surface area contributed by atoms with Crippen molar-refractivity contribution in [1.82, 2.24) is 9.88 Å². The van der Waals surface area contributed by atoms with E-state index in [0.717, 1.165) is 48.9 Å². The van der Waals surface area contributed by atoms with Crippen LogP contribution in [0, 0.1) is 0 Å². The van der Waals surface area contributed by atoms with Gasteiger partial charge in [0.15, 0.2) is 5.13 Å². The summed E-state index contributed by atoms with van der Waals surface area (Å²) < 4.78 is 5.39. The van der Waals surface area contributed by atoms with Crippen molar-refractivity contribution >= 4 is 22.4 Å². The normalized spacial score (nSPS) is 14.9. The number of ether oxygens (including phenoxy) is 1. The molecule has 1 aliphatic rings. The zero-order valence-corrected chi connectivity index (χ0v) is 16.4. The number of hydrogen-bond acceptors (Lipinski definition) is 5. The summed E-state index contributed by atoms with van der Waals surface area (Å²) in [6, 6.07) is 19.7. The number of nitrogens with zero attached hydrogens (tertiary/aromatic N) is 2. The van der Waals surface area contributed by atoms with Crippen LogP contribution in [0.25, 0.3) is 0 Å². The highest BCUT2D eigenvalue weighted by Gasteiger charge is 2.23. The SMILES string of the molecule is O=C(Nc1ncc(CN2CCOCC2)s1)C(c1ccccc1)c1ccccc1. The van der Waals surface area contributed by atoms with Crippen LogP contribution < -0.4 is 5.32 Å². The summed E-state index contributed by atoms with van der Waals surface area (Å²) in [5.41, 5.74) is 1.94. The van der Waals surface area contributed by atoms with Gasteiger partial charge in [0.2, 0.25) is 5.91 Å². The van der Waals surface area contributed by atoms with Crippen LogP contribution in [0.15, 0.2) is 66.9 Å². The molecule has 0 aliphatic carbocycles. The molecule has 6 heteroatoms. The topological polar surface area (TPSA) is 54.5 Å². The van der Waals surface area contributed by atoms with Gasteiger partial charge in [0.05, 0.1) is 19.1 Å². The molecule has 2 aromatic carbocycles. The van der Waals surface area contributed by atoms with Crippen molar-refractivity contribution in [3.8, 4) is 0 Å². The smallest absolute Gasteiger partial charge is 0.238 e. The van der Waals surface area contributed by atoms with Gasteiger partial charge >= 0.3 is 0 Å². The summed E-state index contributed by atoms with van der Waals surface area (Å²) >= 11 is 1.54. The molecule has 1 amide bonds. The molecule has 4 rings (SSSR count). The fraction of sp³-hybridized carbons (Fsp3) is 0.273. The molecule has 1 aromatic heterocycles. The van der Waals surface area contributed by atoms with Gasteiger partial charge in [-0.1, -0.05) is 60.7 Å². The molecule has 0 bridgehead atoms. The van der Waals surface area contributed by atoms with Crippen molar-refractivity contribution in [3.05, 3.63) is 82.9 Å². The summed E-state index contributed by atoms with van der Waals surface area (Å²) in [6.07, 6.45) is 1.86. The number of anilines is 1. The molecule has 2 heterocycles. The second-order valence-corrected chi connectivity index (χ2v) is 7.88. The van der Waals surface area contributed by atoms with E-state index >= 15 is 0 Å². The Morgan fingerprint density at radius 1 is 1.04 bits per heavy atom. The second-order valence-electron chi connectivity index (χ2n) is 6.76. The third-order valence-electron chi connectivity index (χ3n) is 4.79. The van der Waals surface area contributed by atoms with E-state index in [4.69, 9.17) is 4.74 Å². The lowest BCUT2D eigenvalue weighted by Gasteiger charge is -2.25. The first-order valence-electron chi connectivity index (χ1n) is 9.45. The Bertz CT molecular complexity index is 853. The number of benzene rings is 2. The number of aromatic nitrogens is 1. The van der Waals surface area contributed by atoms with E-state index in [9.17, 15) is 4.79 Å². The van der Waals surface area contributed by atoms with Crippen molar-refractivity contribution in [2.75, 3.05) is 31.6 Å². The van der Waals surface area contributed by atoms with Crippen LogP contribution >= 0.6 is 11.3 Å². The van der Waals surface area contributed by atoms with E-state index < -0.39 is 0 Å². The molecule has 0 unspecified atom stereocenters. The zero-order chi connectivity index (χ0) is 19.2. The molecule has 0 saturated carbocycles. The third kappa shape index (κ3) is 4.65. The Kier molecular flexibility index (Phi) is 6.11. The van der Waals surface area contributed by atoms with Crippen LogP contribution in [0.4, 0.5) is 5.13 Å². The molecule has 1 saturated heterocycles.